The first-order valence-corrected chi connectivity index (χ1v) is 7.16. The second-order valence-corrected chi connectivity index (χ2v) is 4.66. The van der Waals surface area contributed by atoms with E-state index in [0.29, 0.717) is 6.54 Å². The SMILES string of the molecule is NCCc1[c-]cccc1.[Cl-].[Pd+2].c1ccc(-c2ccccc2)cc1. The van der Waals surface area contributed by atoms with Crippen LogP contribution >= 0.6 is 0 Å². The smallest absolute Gasteiger partial charge is 1.00 e. The van der Waals surface area contributed by atoms with Crippen LogP contribution in [0.15, 0.2) is 84.9 Å². The molecule has 0 aliphatic carbocycles. The molecule has 0 saturated heterocycles. The molecule has 1 nitrogen and oxygen atoms in total. The largest absolute Gasteiger partial charge is 2.00 e. The van der Waals surface area contributed by atoms with E-state index in [0.717, 1.165) is 6.42 Å². The number of benzene rings is 3. The Morgan fingerprint density at radius 2 is 1.17 bits per heavy atom. The van der Waals surface area contributed by atoms with Crippen molar-refractivity contribution in [2.24, 2.45) is 5.73 Å². The monoisotopic (exact) mass is 415 g/mol. The Kier molecular flexibility index (Phi) is 12.2. The van der Waals surface area contributed by atoms with E-state index in [1.165, 1.54) is 16.7 Å². The summed E-state index contributed by atoms with van der Waals surface area (Å²) in [5.74, 6) is 0. The third kappa shape index (κ3) is 8.11. The van der Waals surface area contributed by atoms with Crippen molar-refractivity contribution in [3.05, 3.63) is 96.6 Å². The van der Waals surface area contributed by atoms with E-state index < -0.39 is 0 Å². The van der Waals surface area contributed by atoms with Gasteiger partial charge in [0.25, 0.3) is 0 Å². The van der Waals surface area contributed by atoms with E-state index in [-0.39, 0.29) is 32.8 Å². The van der Waals surface area contributed by atoms with Gasteiger partial charge < -0.3 is 18.1 Å². The van der Waals surface area contributed by atoms with Crippen LogP contribution in [0.5, 0.6) is 0 Å². The predicted molar refractivity (Wildman–Crippen MR) is 89.9 cm³/mol. The minimum absolute atomic E-state index is 0. The van der Waals surface area contributed by atoms with Gasteiger partial charge in [-0.3, -0.25) is 0 Å². The zero-order valence-corrected chi connectivity index (χ0v) is 15.1. The molecule has 0 radical (unpaired) electrons. The van der Waals surface area contributed by atoms with Crippen LogP contribution in [0.2, 0.25) is 0 Å². The van der Waals surface area contributed by atoms with Crippen LogP contribution in [-0.4, -0.2) is 6.54 Å². The van der Waals surface area contributed by atoms with E-state index in [4.69, 9.17) is 5.73 Å². The van der Waals surface area contributed by atoms with Gasteiger partial charge in [0.05, 0.1) is 0 Å². The Morgan fingerprint density at radius 3 is 1.57 bits per heavy atom. The van der Waals surface area contributed by atoms with Gasteiger partial charge >= 0.3 is 20.4 Å². The van der Waals surface area contributed by atoms with Crippen molar-refractivity contribution in [1.29, 1.82) is 0 Å². The third-order valence-electron chi connectivity index (χ3n) is 3.07. The van der Waals surface area contributed by atoms with Gasteiger partial charge in [-0.2, -0.15) is 35.9 Å². The van der Waals surface area contributed by atoms with Gasteiger partial charge in [-0.15, -0.1) is 0 Å². The minimum Gasteiger partial charge on any atom is -1.00 e. The second-order valence-electron chi connectivity index (χ2n) is 4.66. The van der Waals surface area contributed by atoms with Gasteiger partial charge in [-0.05, 0) is 24.1 Å². The summed E-state index contributed by atoms with van der Waals surface area (Å²) in [5, 5.41) is 0. The van der Waals surface area contributed by atoms with Gasteiger partial charge in [-0.25, -0.2) is 0 Å². The number of nitrogens with two attached hydrogens (primary N) is 1. The van der Waals surface area contributed by atoms with Gasteiger partial charge in [-0.1, -0.05) is 60.7 Å². The first-order chi connectivity index (χ1) is 10.4. The standard InChI is InChI=1S/C12H10.C8H10N.ClH.Pd/c1-3-7-11(8-4-1)12-9-5-2-6-10-12;9-7-6-8-4-2-1-3-5-8;;/h1-10H;1-4H,6-7,9H2;1H;/q;-1;;+2/p-1. The van der Waals surface area contributed by atoms with Crippen LogP contribution in [0.4, 0.5) is 0 Å². The average molecular weight is 416 g/mol. The van der Waals surface area contributed by atoms with Gasteiger partial charge in [0.15, 0.2) is 0 Å². The molecule has 0 saturated carbocycles. The van der Waals surface area contributed by atoms with E-state index in [1.807, 2.05) is 36.4 Å². The molecule has 0 bridgehead atoms. The zero-order valence-electron chi connectivity index (χ0n) is 12.8. The van der Waals surface area contributed by atoms with Crippen LogP contribution < -0.4 is 18.1 Å². The molecule has 0 amide bonds. The maximum atomic E-state index is 5.34. The molecule has 0 aliphatic heterocycles. The summed E-state index contributed by atoms with van der Waals surface area (Å²) in [4.78, 5) is 0. The Hall–Kier alpha value is -1.43. The molecule has 3 aromatic rings. The number of hydrogen-bond acceptors (Lipinski definition) is 1. The van der Waals surface area contributed by atoms with Crippen molar-refractivity contribution in [2.75, 3.05) is 6.54 Å². The maximum Gasteiger partial charge on any atom is 2.00 e. The van der Waals surface area contributed by atoms with Crippen molar-refractivity contribution >= 4 is 0 Å². The van der Waals surface area contributed by atoms with Crippen LogP contribution in [0.3, 0.4) is 0 Å². The Labute approximate surface area is 159 Å². The normalized spacial score (nSPS) is 8.74. The average Bonchev–Trinajstić information content (AvgIpc) is 2.58. The molecule has 2 N–H and O–H groups in total. The summed E-state index contributed by atoms with van der Waals surface area (Å²) < 4.78 is 0. The molecule has 0 spiro atoms. The number of hydrogen-bond donors (Lipinski definition) is 1. The summed E-state index contributed by atoms with van der Waals surface area (Å²) in [6.07, 6.45) is 0.931. The van der Waals surface area contributed by atoms with E-state index >= 15 is 0 Å². The molecule has 3 rings (SSSR count). The molecule has 0 unspecified atom stereocenters. The van der Waals surface area contributed by atoms with Gasteiger partial charge in [0, 0.05) is 0 Å². The molecule has 0 atom stereocenters. The Balaban J connectivity index is 0.000000401. The topological polar surface area (TPSA) is 26.0 Å². The fourth-order valence-electron chi connectivity index (χ4n) is 2.00. The molecule has 3 heteroatoms. The summed E-state index contributed by atoms with van der Waals surface area (Å²) in [6, 6.07) is 31.8. The van der Waals surface area contributed by atoms with E-state index in [2.05, 4.69) is 54.6 Å². The predicted octanol–water partition coefficient (Wildman–Crippen LogP) is 1.34. The molecule has 3 aromatic carbocycles. The quantitative estimate of drug-likeness (QED) is 0.507. The van der Waals surface area contributed by atoms with Crippen molar-refractivity contribution in [1.82, 2.24) is 0 Å². The van der Waals surface area contributed by atoms with E-state index in [1.54, 1.807) is 0 Å². The first-order valence-electron chi connectivity index (χ1n) is 7.16. The zero-order chi connectivity index (χ0) is 14.8. The molecule has 0 fully saturated rings. The molecular formula is C20H20ClNPd. The van der Waals surface area contributed by atoms with Crippen LogP contribution in [0.25, 0.3) is 11.1 Å². The minimum atomic E-state index is 0. The molecule has 23 heavy (non-hydrogen) atoms. The van der Waals surface area contributed by atoms with Crippen LogP contribution in [-0.2, 0) is 26.8 Å². The second kappa shape index (κ2) is 13.1. The van der Waals surface area contributed by atoms with Crippen LogP contribution in [0.1, 0.15) is 5.56 Å². The van der Waals surface area contributed by atoms with Gasteiger partial charge in [0.1, 0.15) is 0 Å². The molecule has 0 aliphatic rings. The van der Waals surface area contributed by atoms with Crippen molar-refractivity contribution in [3.63, 3.8) is 0 Å². The molecular weight excluding hydrogens is 396 g/mol. The van der Waals surface area contributed by atoms with Crippen LogP contribution in [0, 0.1) is 6.07 Å². The summed E-state index contributed by atoms with van der Waals surface area (Å²) >= 11 is 0. The van der Waals surface area contributed by atoms with Crippen molar-refractivity contribution in [2.45, 2.75) is 6.42 Å². The Bertz CT molecular complexity index is 577. The fraction of sp³-hybridized carbons (Fsp3) is 0.100. The number of rotatable bonds is 3. The summed E-state index contributed by atoms with van der Waals surface area (Å²) in [6.45, 7) is 0.709. The molecule has 122 valence electrons. The first kappa shape index (κ1) is 21.6. The fourth-order valence-corrected chi connectivity index (χ4v) is 2.00. The molecule has 0 heterocycles. The van der Waals surface area contributed by atoms with E-state index in [9.17, 15) is 0 Å². The van der Waals surface area contributed by atoms with Gasteiger partial charge in [0.2, 0.25) is 0 Å². The van der Waals surface area contributed by atoms with Crippen molar-refractivity contribution in [3.8, 4) is 11.1 Å². The number of halogens is 1. The summed E-state index contributed by atoms with van der Waals surface area (Å²) in [5.41, 5.74) is 9.09. The Morgan fingerprint density at radius 1 is 0.696 bits per heavy atom. The summed E-state index contributed by atoms with van der Waals surface area (Å²) in [7, 11) is 0. The maximum absolute atomic E-state index is 5.34. The molecule has 0 aromatic heterocycles. The van der Waals surface area contributed by atoms with Crippen molar-refractivity contribution < 1.29 is 32.8 Å². The third-order valence-corrected chi connectivity index (χ3v) is 3.07.